The number of rotatable bonds is 15. The molecular weight excluding hydrogens is 584 g/mol. The van der Waals surface area contributed by atoms with Crippen molar-refractivity contribution in [2.24, 2.45) is 5.73 Å². The van der Waals surface area contributed by atoms with E-state index >= 15 is 0 Å². The quantitative estimate of drug-likeness (QED) is 0.0900. The van der Waals surface area contributed by atoms with Gasteiger partial charge in [0, 0.05) is 47.0 Å². The number of aromatic nitrogens is 2. The highest BCUT2D eigenvalue weighted by atomic mass is 16.4. The van der Waals surface area contributed by atoms with Gasteiger partial charge in [-0.1, -0.05) is 36.4 Å². The second-order valence-corrected chi connectivity index (χ2v) is 10.9. The largest absolute Gasteiger partial charge is 0.481 e. The molecule has 4 aromatic rings. The van der Waals surface area contributed by atoms with E-state index in [0.717, 1.165) is 27.4 Å². The Morgan fingerprint density at radius 3 is 1.82 bits per heavy atom. The summed E-state index contributed by atoms with van der Waals surface area (Å²) in [6, 6.07) is 9.13. The summed E-state index contributed by atoms with van der Waals surface area (Å²) >= 11 is 0. The third kappa shape index (κ3) is 8.25. The Hall–Kier alpha value is -5.21. The third-order valence-electron chi connectivity index (χ3n) is 7.51. The Kier molecular flexibility index (Phi) is 10.5. The van der Waals surface area contributed by atoms with Crippen molar-refractivity contribution in [3.8, 4) is 0 Å². The molecule has 14 nitrogen and oxygen atoms in total. The molecule has 4 rings (SSSR count). The zero-order valence-electron chi connectivity index (χ0n) is 24.4. The van der Waals surface area contributed by atoms with Gasteiger partial charge in [-0.05, 0) is 43.0 Å². The van der Waals surface area contributed by atoms with E-state index in [1.807, 2.05) is 36.4 Å². The molecular formula is C31H36N6O8. The number of benzene rings is 2. The van der Waals surface area contributed by atoms with Crippen molar-refractivity contribution in [2.75, 3.05) is 0 Å². The maximum atomic E-state index is 13.2. The molecule has 0 spiro atoms. The van der Waals surface area contributed by atoms with Crippen LogP contribution in [0.1, 0.15) is 30.9 Å². The van der Waals surface area contributed by atoms with E-state index < -0.39 is 66.4 Å². The van der Waals surface area contributed by atoms with Gasteiger partial charge in [0.2, 0.25) is 17.7 Å². The van der Waals surface area contributed by atoms with Crippen molar-refractivity contribution in [1.82, 2.24) is 25.9 Å². The van der Waals surface area contributed by atoms with Crippen molar-refractivity contribution in [3.63, 3.8) is 0 Å². The highest BCUT2D eigenvalue weighted by molar-refractivity contribution is 5.95. The van der Waals surface area contributed by atoms with E-state index in [1.165, 1.54) is 6.92 Å². The number of hydrogen-bond acceptors (Lipinski definition) is 7. The van der Waals surface area contributed by atoms with E-state index in [2.05, 4.69) is 25.9 Å². The number of carboxylic acids is 2. The molecule has 14 heteroatoms. The average Bonchev–Trinajstić information content (AvgIpc) is 3.61. The number of para-hydroxylation sites is 2. The lowest BCUT2D eigenvalue weighted by atomic mass is 10.0. The fourth-order valence-corrected chi connectivity index (χ4v) is 5.09. The van der Waals surface area contributed by atoms with Gasteiger partial charge >= 0.3 is 11.9 Å². The second-order valence-electron chi connectivity index (χ2n) is 10.9. The molecule has 5 unspecified atom stereocenters. The summed E-state index contributed by atoms with van der Waals surface area (Å²) in [4.78, 5) is 68.9. The molecule has 2 heterocycles. The molecule has 3 amide bonds. The van der Waals surface area contributed by atoms with E-state index in [1.54, 1.807) is 24.5 Å². The Labute approximate surface area is 257 Å². The minimum Gasteiger partial charge on any atom is -0.481 e. The smallest absolute Gasteiger partial charge is 0.326 e. The van der Waals surface area contributed by atoms with Crippen LogP contribution in [0, 0.1) is 0 Å². The first-order valence-electron chi connectivity index (χ1n) is 14.3. The first-order valence-corrected chi connectivity index (χ1v) is 14.3. The summed E-state index contributed by atoms with van der Waals surface area (Å²) in [5.74, 6) is -5.25. The lowest BCUT2D eigenvalue weighted by Crippen LogP contribution is -2.60. The third-order valence-corrected chi connectivity index (χ3v) is 7.51. The predicted molar refractivity (Wildman–Crippen MR) is 164 cm³/mol. The van der Waals surface area contributed by atoms with Crippen molar-refractivity contribution in [3.05, 3.63) is 72.1 Å². The Morgan fingerprint density at radius 1 is 0.756 bits per heavy atom. The number of aliphatic carboxylic acids is 2. The zero-order chi connectivity index (χ0) is 32.7. The number of carboxylic acid groups (broad SMARTS) is 2. The summed E-state index contributed by atoms with van der Waals surface area (Å²) in [6.45, 7) is 1.25. The molecule has 0 bridgehead atoms. The SMILES string of the molecule is CC(O)C(NC(=O)C(N)Cc1c[nH]c2ccccc12)C(=O)NC(CCC(=O)O)C(=O)NC(Cc1c[nH]c2ccccc12)C(=O)O. The van der Waals surface area contributed by atoms with Crippen molar-refractivity contribution in [1.29, 1.82) is 0 Å². The van der Waals surface area contributed by atoms with Crippen LogP contribution in [0.25, 0.3) is 21.8 Å². The van der Waals surface area contributed by atoms with Crippen molar-refractivity contribution < 1.29 is 39.3 Å². The predicted octanol–water partition coefficient (Wildman–Crippen LogP) is 0.546. The van der Waals surface area contributed by atoms with E-state index in [0.29, 0.717) is 5.56 Å². The molecule has 45 heavy (non-hydrogen) atoms. The highest BCUT2D eigenvalue weighted by Gasteiger charge is 2.33. The molecule has 5 atom stereocenters. The normalized spacial score (nSPS) is 14.6. The van der Waals surface area contributed by atoms with Crippen molar-refractivity contribution >= 4 is 51.5 Å². The van der Waals surface area contributed by atoms with E-state index in [9.17, 15) is 39.3 Å². The minimum absolute atomic E-state index is 0.0919. The molecule has 0 fully saturated rings. The molecule has 2 aromatic carbocycles. The van der Waals surface area contributed by atoms with Crippen LogP contribution in [0.3, 0.4) is 0 Å². The Morgan fingerprint density at radius 2 is 1.29 bits per heavy atom. The fourth-order valence-electron chi connectivity index (χ4n) is 5.09. The molecule has 0 radical (unpaired) electrons. The molecule has 10 N–H and O–H groups in total. The molecule has 0 aliphatic rings. The van der Waals surface area contributed by atoms with Crippen molar-refractivity contribution in [2.45, 2.75) is 62.9 Å². The molecule has 0 aliphatic heterocycles. The number of fused-ring (bicyclic) bond motifs is 2. The number of hydrogen-bond donors (Lipinski definition) is 9. The van der Waals surface area contributed by atoms with Gasteiger partial charge in [-0.2, -0.15) is 0 Å². The lowest BCUT2D eigenvalue weighted by molar-refractivity contribution is -0.143. The van der Waals surface area contributed by atoms with Gasteiger partial charge in [0.05, 0.1) is 12.1 Å². The number of carbonyl (C=O) groups excluding carboxylic acids is 3. The Balaban J connectivity index is 1.44. The number of nitrogens with one attached hydrogen (secondary N) is 5. The van der Waals surface area contributed by atoms with Gasteiger partial charge in [0.15, 0.2) is 0 Å². The molecule has 0 saturated carbocycles. The zero-order valence-corrected chi connectivity index (χ0v) is 24.4. The van der Waals surface area contributed by atoms with E-state index in [4.69, 9.17) is 5.73 Å². The maximum absolute atomic E-state index is 13.2. The van der Waals surface area contributed by atoms with Gasteiger partial charge < -0.3 is 47.0 Å². The molecule has 2 aromatic heterocycles. The molecule has 0 saturated heterocycles. The van der Waals surface area contributed by atoms with Gasteiger partial charge in [-0.15, -0.1) is 0 Å². The van der Waals surface area contributed by atoms with Crippen LogP contribution >= 0.6 is 0 Å². The van der Waals surface area contributed by atoms with Crippen LogP contribution < -0.4 is 21.7 Å². The number of amides is 3. The van der Waals surface area contributed by atoms with E-state index in [-0.39, 0.29) is 19.3 Å². The fraction of sp³-hybridized carbons (Fsp3) is 0.323. The number of aliphatic hydroxyl groups excluding tert-OH is 1. The lowest BCUT2D eigenvalue weighted by Gasteiger charge is -2.26. The van der Waals surface area contributed by atoms with Crippen LogP contribution in [-0.4, -0.2) is 85.2 Å². The number of aliphatic hydroxyl groups is 1. The number of aromatic amines is 2. The minimum atomic E-state index is -1.55. The number of carbonyl (C=O) groups is 5. The van der Waals surface area contributed by atoms with Crippen LogP contribution in [0.15, 0.2) is 60.9 Å². The number of H-pyrrole nitrogens is 2. The standard InChI is InChI=1S/C31H36N6O8/c1-16(38)27(37-28(41)21(32)12-17-14-33-22-8-4-2-6-19(17)22)30(43)35-24(10-11-26(39)40)29(42)36-25(31(44)45)13-18-15-34-23-9-5-3-7-20(18)23/h2-9,14-16,21,24-25,27,33-34,38H,10-13,32H2,1H3,(H,35,43)(H,36,42)(H,37,41)(H,39,40)(H,44,45). The Bertz CT molecular complexity index is 1700. The van der Waals surface area contributed by atoms with Gasteiger partial charge in [-0.3, -0.25) is 19.2 Å². The number of nitrogens with two attached hydrogens (primary N) is 1. The summed E-state index contributed by atoms with van der Waals surface area (Å²) in [5.41, 5.74) is 9.17. The van der Waals surface area contributed by atoms with Gasteiger partial charge in [0.1, 0.15) is 18.1 Å². The summed E-state index contributed by atoms with van der Waals surface area (Å²) in [6.07, 6.45) is 1.06. The van der Waals surface area contributed by atoms with Crippen LogP contribution in [0.4, 0.5) is 0 Å². The summed E-state index contributed by atoms with van der Waals surface area (Å²) in [5, 5.41) is 38.2. The average molecular weight is 621 g/mol. The topological polar surface area (TPSA) is 240 Å². The summed E-state index contributed by atoms with van der Waals surface area (Å²) < 4.78 is 0. The second kappa shape index (κ2) is 14.5. The van der Waals surface area contributed by atoms with Crippen LogP contribution in [-0.2, 0) is 36.8 Å². The molecule has 0 aliphatic carbocycles. The van der Waals surface area contributed by atoms with Crippen LogP contribution in [0.5, 0.6) is 0 Å². The molecule has 238 valence electrons. The monoisotopic (exact) mass is 620 g/mol. The first kappa shape index (κ1) is 32.7. The van der Waals surface area contributed by atoms with Crippen LogP contribution in [0.2, 0.25) is 0 Å². The van der Waals surface area contributed by atoms with Gasteiger partial charge in [-0.25, -0.2) is 4.79 Å². The maximum Gasteiger partial charge on any atom is 0.326 e. The summed E-state index contributed by atoms with van der Waals surface area (Å²) in [7, 11) is 0. The first-order chi connectivity index (χ1) is 21.4. The highest BCUT2D eigenvalue weighted by Crippen LogP contribution is 2.20. The van der Waals surface area contributed by atoms with Gasteiger partial charge in [0.25, 0.3) is 0 Å².